The highest BCUT2D eigenvalue weighted by Crippen LogP contribution is 2.26. The number of aromatic amines is 1. The van der Waals surface area contributed by atoms with Crippen LogP contribution in [0.5, 0.6) is 0 Å². The van der Waals surface area contributed by atoms with Crippen LogP contribution >= 0.6 is 11.8 Å². The van der Waals surface area contributed by atoms with Gasteiger partial charge in [-0.15, -0.1) is 0 Å². The number of nitrogen functional groups attached to an aromatic ring is 1. The van der Waals surface area contributed by atoms with Crippen LogP contribution in [0.25, 0.3) is 0 Å². The topological polar surface area (TPSA) is 122 Å². The third-order valence-corrected chi connectivity index (χ3v) is 3.30. The first-order valence-electron chi connectivity index (χ1n) is 5.17. The molecule has 1 unspecified atom stereocenters. The molecule has 0 saturated carbocycles. The van der Waals surface area contributed by atoms with Crippen LogP contribution in [-0.4, -0.2) is 37.8 Å². The fraction of sp³-hybridized carbons (Fsp3) is 0.444. The van der Waals surface area contributed by atoms with E-state index in [-0.39, 0.29) is 34.6 Å². The van der Waals surface area contributed by atoms with Crippen molar-refractivity contribution in [1.82, 2.24) is 15.0 Å². The van der Waals surface area contributed by atoms with E-state index in [1.807, 2.05) is 0 Å². The molecule has 1 aromatic heterocycles. The molecule has 1 saturated heterocycles. The van der Waals surface area contributed by atoms with Crippen molar-refractivity contribution in [2.45, 2.75) is 18.6 Å². The Hall–Kier alpha value is -1.90. The van der Waals surface area contributed by atoms with Gasteiger partial charge in [0, 0.05) is 25.1 Å². The predicted octanol–water partition coefficient (Wildman–Crippen LogP) is -0.868. The van der Waals surface area contributed by atoms with Gasteiger partial charge in [-0.3, -0.25) is 19.5 Å². The second-order valence-corrected chi connectivity index (χ2v) is 5.26. The van der Waals surface area contributed by atoms with Crippen LogP contribution in [0.2, 0.25) is 0 Å². The van der Waals surface area contributed by atoms with E-state index in [0.717, 1.165) is 11.8 Å². The molecule has 0 spiro atoms. The Morgan fingerprint density at radius 1 is 1.50 bits per heavy atom. The SMILES string of the molecule is CC(=O)SC1CC(=O)N(c2nc(N)[nH]c(=O)n2)C1. The van der Waals surface area contributed by atoms with Gasteiger partial charge in [0.1, 0.15) is 0 Å². The highest BCUT2D eigenvalue weighted by molar-refractivity contribution is 8.14. The van der Waals surface area contributed by atoms with Gasteiger partial charge in [0.05, 0.1) is 0 Å². The molecule has 3 N–H and O–H groups in total. The average Bonchev–Trinajstić information content (AvgIpc) is 2.56. The Morgan fingerprint density at radius 2 is 2.22 bits per heavy atom. The Kier molecular flexibility index (Phi) is 3.32. The zero-order valence-electron chi connectivity index (χ0n) is 9.54. The molecular weight excluding hydrogens is 258 g/mol. The molecule has 1 aromatic rings. The number of thioether (sulfide) groups is 1. The molecule has 0 aliphatic carbocycles. The fourth-order valence-corrected chi connectivity index (χ4v) is 2.61. The van der Waals surface area contributed by atoms with Gasteiger partial charge >= 0.3 is 5.69 Å². The summed E-state index contributed by atoms with van der Waals surface area (Å²) in [7, 11) is 0. The third kappa shape index (κ3) is 2.67. The van der Waals surface area contributed by atoms with Crippen LogP contribution < -0.4 is 16.3 Å². The van der Waals surface area contributed by atoms with Crippen LogP contribution in [-0.2, 0) is 9.59 Å². The monoisotopic (exact) mass is 269 g/mol. The molecule has 9 heteroatoms. The number of carbonyl (C=O) groups is 2. The van der Waals surface area contributed by atoms with Crippen molar-refractivity contribution in [3.8, 4) is 0 Å². The smallest absolute Gasteiger partial charge is 0.351 e. The van der Waals surface area contributed by atoms with Gasteiger partial charge in [-0.2, -0.15) is 9.97 Å². The second-order valence-electron chi connectivity index (χ2n) is 3.78. The summed E-state index contributed by atoms with van der Waals surface area (Å²) in [5.41, 5.74) is 4.72. The van der Waals surface area contributed by atoms with Crippen molar-refractivity contribution >= 4 is 34.7 Å². The first-order chi connectivity index (χ1) is 8.45. The van der Waals surface area contributed by atoms with Crippen LogP contribution in [0.4, 0.5) is 11.9 Å². The fourth-order valence-electron chi connectivity index (χ4n) is 1.69. The maximum Gasteiger partial charge on any atom is 0.351 e. The first-order valence-corrected chi connectivity index (χ1v) is 6.05. The van der Waals surface area contributed by atoms with Gasteiger partial charge in [0.25, 0.3) is 0 Å². The molecule has 2 rings (SSSR count). The average molecular weight is 269 g/mol. The van der Waals surface area contributed by atoms with E-state index >= 15 is 0 Å². The summed E-state index contributed by atoms with van der Waals surface area (Å²) in [6.07, 6.45) is 0.223. The van der Waals surface area contributed by atoms with Gasteiger partial charge in [0.15, 0.2) is 5.12 Å². The van der Waals surface area contributed by atoms with Gasteiger partial charge in [-0.25, -0.2) is 4.79 Å². The summed E-state index contributed by atoms with van der Waals surface area (Å²) in [5.74, 6) is -0.341. The summed E-state index contributed by atoms with van der Waals surface area (Å²) in [4.78, 5) is 44.7. The minimum atomic E-state index is -0.659. The number of hydrogen-bond acceptors (Lipinski definition) is 7. The number of amides is 1. The number of nitrogens with two attached hydrogens (primary N) is 1. The summed E-state index contributed by atoms with van der Waals surface area (Å²) in [6.45, 7) is 1.74. The van der Waals surface area contributed by atoms with Crippen molar-refractivity contribution < 1.29 is 9.59 Å². The lowest BCUT2D eigenvalue weighted by Gasteiger charge is -2.13. The number of aromatic nitrogens is 3. The highest BCUT2D eigenvalue weighted by Gasteiger charge is 2.33. The molecule has 1 fully saturated rings. The third-order valence-electron chi connectivity index (χ3n) is 2.32. The number of anilines is 2. The molecule has 18 heavy (non-hydrogen) atoms. The Labute approximate surface area is 106 Å². The molecule has 1 aliphatic heterocycles. The molecule has 0 bridgehead atoms. The number of H-pyrrole nitrogens is 1. The Balaban J connectivity index is 2.21. The lowest BCUT2D eigenvalue weighted by atomic mass is 10.4. The van der Waals surface area contributed by atoms with Crippen molar-refractivity contribution in [2.24, 2.45) is 0 Å². The van der Waals surface area contributed by atoms with Crippen LogP contribution in [0.1, 0.15) is 13.3 Å². The minimum absolute atomic E-state index is 0.0205. The summed E-state index contributed by atoms with van der Waals surface area (Å²) < 4.78 is 0. The number of nitrogens with one attached hydrogen (secondary N) is 1. The number of rotatable bonds is 2. The van der Waals surface area contributed by atoms with Gasteiger partial charge in [-0.1, -0.05) is 11.8 Å². The zero-order valence-corrected chi connectivity index (χ0v) is 10.4. The quantitative estimate of drug-likeness (QED) is 0.715. The molecule has 8 nitrogen and oxygen atoms in total. The summed E-state index contributed by atoms with van der Waals surface area (Å²) >= 11 is 1.10. The van der Waals surface area contributed by atoms with E-state index in [1.54, 1.807) is 0 Å². The minimum Gasteiger partial charge on any atom is -0.369 e. The maximum absolute atomic E-state index is 11.8. The molecule has 1 aliphatic rings. The number of hydrogen-bond donors (Lipinski definition) is 2. The Bertz CT molecular complexity index is 557. The lowest BCUT2D eigenvalue weighted by molar-refractivity contribution is -0.117. The highest BCUT2D eigenvalue weighted by atomic mass is 32.2. The van der Waals surface area contributed by atoms with E-state index in [0.29, 0.717) is 6.54 Å². The largest absolute Gasteiger partial charge is 0.369 e. The van der Waals surface area contributed by atoms with Crippen LogP contribution in [0.15, 0.2) is 4.79 Å². The molecule has 1 atom stereocenters. The van der Waals surface area contributed by atoms with Gasteiger partial charge in [-0.05, 0) is 0 Å². The summed E-state index contributed by atoms with van der Waals surface area (Å²) in [6, 6.07) is 0. The van der Waals surface area contributed by atoms with E-state index in [1.165, 1.54) is 11.8 Å². The van der Waals surface area contributed by atoms with Crippen molar-refractivity contribution in [1.29, 1.82) is 0 Å². The van der Waals surface area contributed by atoms with E-state index in [9.17, 15) is 14.4 Å². The van der Waals surface area contributed by atoms with Gasteiger partial charge in [0.2, 0.25) is 17.8 Å². The van der Waals surface area contributed by atoms with Gasteiger partial charge < -0.3 is 5.73 Å². The maximum atomic E-state index is 11.8. The van der Waals surface area contributed by atoms with E-state index in [2.05, 4.69) is 15.0 Å². The van der Waals surface area contributed by atoms with Crippen molar-refractivity contribution in [3.05, 3.63) is 10.5 Å². The number of nitrogens with zero attached hydrogens (tertiary/aromatic N) is 3. The number of carbonyl (C=O) groups excluding carboxylic acids is 2. The Morgan fingerprint density at radius 3 is 2.83 bits per heavy atom. The van der Waals surface area contributed by atoms with Crippen molar-refractivity contribution in [2.75, 3.05) is 17.2 Å². The molecule has 0 aromatic carbocycles. The normalized spacial score (nSPS) is 19.3. The zero-order chi connectivity index (χ0) is 13.3. The molecular formula is C9H11N5O3S. The molecule has 0 radical (unpaired) electrons. The van der Waals surface area contributed by atoms with E-state index < -0.39 is 5.69 Å². The molecule has 2 heterocycles. The first kappa shape index (κ1) is 12.6. The summed E-state index contributed by atoms with van der Waals surface area (Å²) in [5, 5.41) is -0.194. The van der Waals surface area contributed by atoms with Crippen molar-refractivity contribution in [3.63, 3.8) is 0 Å². The van der Waals surface area contributed by atoms with E-state index in [4.69, 9.17) is 5.73 Å². The lowest BCUT2D eigenvalue weighted by Crippen LogP contribution is -2.30. The van der Waals surface area contributed by atoms with Crippen LogP contribution in [0, 0.1) is 0 Å². The molecule has 1 amide bonds. The standard InChI is InChI=1S/C9H11N5O3S/c1-4(15)18-5-2-6(16)14(3-5)8-11-7(10)12-9(17)13-8/h5H,2-3H2,1H3,(H3,10,11,12,13,17). The second kappa shape index (κ2) is 4.77. The predicted molar refractivity (Wildman–Crippen MR) is 66.1 cm³/mol. The molecule has 96 valence electrons. The van der Waals surface area contributed by atoms with Crippen LogP contribution in [0.3, 0.4) is 0 Å².